The van der Waals surface area contributed by atoms with Crippen molar-refractivity contribution in [2.75, 3.05) is 0 Å². The van der Waals surface area contributed by atoms with Crippen LogP contribution in [0.3, 0.4) is 0 Å². The second-order valence-corrected chi connectivity index (χ2v) is 7.59. The molecule has 2 aromatic rings. The van der Waals surface area contributed by atoms with E-state index in [4.69, 9.17) is 23.2 Å². The van der Waals surface area contributed by atoms with Crippen LogP contribution in [-0.4, -0.2) is 26.1 Å². The molecule has 1 aliphatic heterocycles. The van der Waals surface area contributed by atoms with Gasteiger partial charge in [-0.3, -0.25) is 24.6 Å². The van der Waals surface area contributed by atoms with E-state index in [-0.39, 0.29) is 16.7 Å². The van der Waals surface area contributed by atoms with E-state index < -0.39 is 27.2 Å². The molecule has 0 saturated carbocycles. The molecule has 0 fully saturated rings. The van der Waals surface area contributed by atoms with Crippen LogP contribution in [0.15, 0.2) is 53.0 Å². The lowest BCUT2D eigenvalue weighted by atomic mass is 10.0. The third-order valence-electron chi connectivity index (χ3n) is 3.84. The van der Waals surface area contributed by atoms with E-state index in [0.717, 1.165) is 4.90 Å². The number of carbonyl (C=O) groups excluding carboxylic acids is 2. The van der Waals surface area contributed by atoms with E-state index in [0.29, 0.717) is 4.47 Å². The summed E-state index contributed by atoms with van der Waals surface area (Å²) < 4.78 is -1.89. The van der Waals surface area contributed by atoms with E-state index >= 15 is 0 Å². The lowest BCUT2D eigenvalue weighted by Gasteiger charge is -2.30. The molecule has 1 aliphatic rings. The van der Waals surface area contributed by atoms with Crippen LogP contribution in [-0.2, 0) is 0 Å². The standard InChI is InChI=1S/C16H9BrCl2N2O4/c17-10-7-5-9(6-8-10)13(16(18,19)21(24)25)20-14(22)11-3-1-2-4-12(11)15(20)23/h1-8,13H. The monoisotopic (exact) mass is 442 g/mol. The number of hydrogen-bond donors (Lipinski definition) is 0. The Hall–Kier alpha value is -1.96. The van der Waals surface area contributed by atoms with Gasteiger partial charge in [-0.05, 0) is 53.0 Å². The normalized spacial score (nSPS) is 15.2. The fourth-order valence-corrected chi connectivity index (χ4v) is 3.40. The Bertz CT molecular complexity index is 851. The van der Waals surface area contributed by atoms with Gasteiger partial charge in [0.2, 0.25) is 0 Å². The molecule has 0 bridgehead atoms. The largest absolute Gasteiger partial charge is 0.395 e. The predicted molar refractivity (Wildman–Crippen MR) is 95.3 cm³/mol. The van der Waals surface area contributed by atoms with Crippen molar-refractivity contribution >= 4 is 50.9 Å². The molecular weight excluding hydrogens is 435 g/mol. The molecule has 2 amide bonds. The third kappa shape index (κ3) is 2.92. The molecule has 0 spiro atoms. The smallest absolute Gasteiger partial charge is 0.269 e. The van der Waals surface area contributed by atoms with E-state index in [9.17, 15) is 19.7 Å². The van der Waals surface area contributed by atoms with Crippen molar-refractivity contribution < 1.29 is 14.5 Å². The summed E-state index contributed by atoms with van der Waals surface area (Å²) in [6.45, 7) is 0. The van der Waals surface area contributed by atoms with Crippen LogP contribution in [0.4, 0.5) is 0 Å². The fourth-order valence-electron chi connectivity index (χ4n) is 2.69. The maximum absolute atomic E-state index is 12.7. The van der Waals surface area contributed by atoms with Crippen molar-refractivity contribution in [3.63, 3.8) is 0 Å². The summed E-state index contributed by atoms with van der Waals surface area (Å²) in [5.74, 6) is -1.36. The highest BCUT2D eigenvalue weighted by molar-refractivity contribution is 9.10. The summed E-state index contributed by atoms with van der Waals surface area (Å²) in [5, 5.41) is 11.4. The highest BCUT2D eigenvalue weighted by Gasteiger charge is 2.56. The van der Waals surface area contributed by atoms with Crippen LogP contribution in [0, 0.1) is 10.1 Å². The number of rotatable bonds is 4. The molecule has 0 N–H and O–H groups in total. The molecule has 9 heteroatoms. The van der Waals surface area contributed by atoms with Crippen LogP contribution in [0.1, 0.15) is 32.3 Å². The minimum absolute atomic E-state index is 0.155. The summed E-state index contributed by atoms with van der Waals surface area (Å²) in [6, 6.07) is 10.9. The topological polar surface area (TPSA) is 80.5 Å². The van der Waals surface area contributed by atoms with Crippen LogP contribution < -0.4 is 0 Å². The molecule has 25 heavy (non-hydrogen) atoms. The molecule has 1 unspecified atom stereocenters. The van der Waals surface area contributed by atoms with Gasteiger partial charge in [0.1, 0.15) is 0 Å². The zero-order valence-electron chi connectivity index (χ0n) is 12.4. The van der Waals surface area contributed by atoms with Crippen molar-refractivity contribution in [3.8, 4) is 0 Å². The van der Waals surface area contributed by atoms with Gasteiger partial charge in [-0.15, -0.1) is 0 Å². The second-order valence-electron chi connectivity index (χ2n) is 5.32. The first kappa shape index (κ1) is 17.8. The molecular formula is C16H9BrCl2N2O4. The van der Waals surface area contributed by atoms with Crippen LogP contribution in [0.5, 0.6) is 0 Å². The van der Waals surface area contributed by atoms with E-state index in [2.05, 4.69) is 15.9 Å². The fraction of sp³-hybridized carbons (Fsp3) is 0.125. The molecule has 0 aromatic heterocycles. The Morgan fingerprint density at radius 2 is 1.48 bits per heavy atom. The number of alkyl halides is 2. The summed E-state index contributed by atoms with van der Waals surface area (Å²) in [4.78, 5) is 36.7. The number of halogens is 3. The van der Waals surface area contributed by atoms with Crippen molar-refractivity contribution in [1.82, 2.24) is 4.90 Å². The van der Waals surface area contributed by atoms with Gasteiger partial charge >= 0.3 is 4.46 Å². The number of imide groups is 1. The molecule has 1 atom stereocenters. The zero-order chi connectivity index (χ0) is 18.4. The van der Waals surface area contributed by atoms with E-state index in [1.165, 1.54) is 24.3 Å². The molecule has 0 radical (unpaired) electrons. The van der Waals surface area contributed by atoms with Gasteiger partial charge in [-0.2, -0.15) is 0 Å². The van der Waals surface area contributed by atoms with Crippen LogP contribution in [0.2, 0.25) is 0 Å². The number of fused-ring (bicyclic) bond motifs is 1. The molecule has 128 valence electrons. The number of nitrogens with zero attached hydrogens (tertiary/aromatic N) is 2. The number of benzene rings is 2. The average Bonchev–Trinajstić information content (AvgIpc) is 2.82. The van der Waals surface area contributed by atoms with Crippen LogP contribution in [0.25, 0.3) is 0 Å². The van der Waals surface area contributed by atoms with Crippen molar-refractivity contribution in [2.45, 2.75) is 10.5 Å². The molecule has 0 aliphatic carbocycles. The molecule has 0 saturated heterocycles. The zero-order valence-corrected chi connectivity index (χ0v) is 15.5. The van der Waals surface area contributed by atoms with Gasteiger partial charge in [0.15, 0.2) is 6.04 Å². The molecule has 3 rings (SSSR count). The van der Waals surface area contributed by atoms with E-state index in [1.807, 2.05) is 0 Å². The van der Waals surface area contributed by atoms with E-state index in [1.54, 1.807) is 24.3 Å². The Labute approximate surface area is 160 Å². The van der Waals surface area contributed by atoms with Gasteiger partial charge in [0.05, 0.1) is 16.1 Å². The lowest BCUT2D eigenvalue weighted by molar-refractivity contribution is -0.523. The number of nitro groups is 1. The SMILES string of the molecule is O=C1c2ccccc2C(=O)N1C(c1ccc(Br)cc1)C(Cl)(Cl)[N+](=O)[O-]. The number of amides is 2. The lowest BCUT2D eigenvalue weighted by Crippen LogP contribution is -2.46. The Morgan fingerprint density at radius 1 is 1.00 bits per heavy atom. The summed E-state index contributed by atoms with van der Waals surface area (Å²) in [7, 11) is 0. The first-order valence-electron chi connectivity index (χ1n) is 7.00. The molecule has 2 aromatic carbocycles. The van der Waals surface area contributed by atoms with Crippen molar-refractivity contribution in [2.24, 2.45) is 0 Å². The highest BCUT2D eigenvalue weighted by atomic mass is 79.9. The van der Waals surface area contributed by atoms with Crippen molar-refractivity contribution in [1.29, 1.82) is 0 Å². The third-order valence-corrected chi connectivity index (χ3v) is 5.06. The maximum atomic E-state index is 12.7. The Kier molecular flexibility index (Phi) is 4.57. The van der Waals surface area contributed by atoms with Crippen LogP contribution >= 0.6 is 39.1 Å². The first-order valence-corrected chi connectivity index (χ1v) is 8.54. The summed E-state index contributed by atoms with van der Waals surface area (Å²) in [5.41, 5.74) is 0.573. The first-order chi connectivity index (χ1) is 11.7. The minimum atomic E-state index is -2.61. The Balaban J connectivity index is 2.17. The summed E-state index contributed by atoms with van der Waals surface area (Å²) >= 11 is 15.2. The van der Waals surface area contributed by atoms with Gasteiger partial charge in [-0.1, -0.05) is 40.2 Å². The minimum Gasteiger partial charge on any atom is -0.269 e. The Morgan fingerprint density at radius 3 is 1.92 bits per heavy atom. The van der Waals surface area contributed by atoms with Crippen molar-refractivity contribution in [3.05, 3.63) is 79.8 Å². The number of carbonyl (C=O) groups is 2. The van der Waals surface area contributed by atoms with Gasteiger partial charge in [0.25, 0.3) is 11.8 Å². The predicted octanol–water partition coefficient (Wildman–Crippen LogP) is 4.19. The average molecular weight is 444 g/mol. The molecule has 6 nitrogen and oxygen atoms in total. The number of hydrogen-bond acceptors (Lipinski definition) is 4. The summed E-state index contributed by atoms with van der Waals surface area (Å²) in [6.07, 6.45) is 0. The maximum Gasteiger partial charge on any atom is 0.395 e. The highest BCUT2D eigenvalue weighted by Crippen LogP contribution is 2.44. The quantitative estimate of drug-likeness (QED) is 0.233. The van der Waals surface area contributed by atoms with Gasteiger partial charge in [-0.25, -0.2) is 0 Å². The second kappa shape index (κ2) is 6.40. The van der Waals surface area contributed by atoms with Gasteiger partial charge in [0, 0.05) is 4.47 Å². The van der Waals surface area contributed by atoms with Gasteiger partial charge < -0.3 is 0 Å². The molecule has 1 heterocycles.